The standard InChI is InChI=1S/C11H19N3O6/c1-4-19-10(17)9(16)12-7-20-8(15)5-13-14-6-11(2,3)18/h5,14,18H,4,6-7H2,1-3H3,(H,12,16)/b13-5+. The van der Waals surface area contributed by atoms with Crippen molar-refractivity contribution in [2.45, 2.75) is 26.4 Å². The molecule has 0 aromatic carbocycles. The second kappa shape index (κ2) is 8.86. The molecule has 0 rings (SSSR count). The van der Waals surface area contributed by atoms with Crippen molar-refractivity contribution < 1.29 is 29.0 Å². The third-order valence-electron chi connectivity index (χ3n) is 1.68. The zero-order valence-corrected chi connectivity index (χ0v) is 11.6. The molecule has 1 amide bonds. The Kier molecular flexibility index (Phi) is 7.90. The molecule has 0 radical (unpaired) electrons. The van der Waals surface area contributed by atoms with Crippen molar-refractivity contribution in [2.24, 2.45) is 5.10 Å². The lowest BCUT2D eigenvalue weighted by Crippen LogP contribution is -2.35. The van der Waals surface area contributed by atoms with E-state index in [1.807, 2.05) is 5.32 Å². The topological polar surface area (TPSA) is 126 Å². The molecule has 0 aromatic rings. The van der Waals surface area contributed by atoms with Crippen LogP contribution in [0.2, 0.25) is 0 Å². The lowest BCUT2D eigenvalue weighted by molar-refractivity contribution is -0.156. The number of amides is 1. The molecule has 9 heteroatoms. The van der Waals surface area contributed by atoms with Crippen molar-refractivity contribution in [3.05, 3.63) is 0 Å². The molecule has 0 aliphatic carbocycles. The third-order valence-corrected chi connectivity index (χ3v) is 1.68. The van der Waals surface area contributed by atoms with Crippen molar-refractivity contribution >= 4 is 24.1 Å². The van der Waals surface area contributed by atoms with Gasteiger partial charge in [0.25, 0.3) is 0 Å². The van der Waals surface area contributed by atoms with Crippen LogP contribution in [0.1, 0.15) is 20.8 Å². The van der Waals surface area contributed by atoms with Gasteiger partial charge in [0.05, 0.1) is 18.8 Å². The van der Waals surface area contributed by atoms with Crippen molar-refractivity contribution in [3.8, 4) is 0 Å². The van der Waals surface area contributed by atoms with E-state index in [-0.39, 0.29) is 13.2 Å². The van der Waals surface area contributed by atoms with Gasteiger partial charge in [0.2, 0.25) is 0 Å². The number of nitrogens with zero attached hydrogens (tertiary/aromatic N) is 1. The molecular weight excluding hydrogens is 270 g/mol. The van der Waals surface area contributed by atoms with E-state index in [0.717, 1.165) is 6.21 Å². The highest BCUT2D eigenvalue weighted by molar-refractivity contribution is 6.32. The fourth-order valence-electron chi connectivity index (χ4n) is 0.816. The van der Waals surface area contributed by atoms with Crippen molar-refractivity contribution in [1.29, 1.82) is 0 Å². The van der Waals surface area contributed by atoms with Gasteiger partial charge in [-0.3, -0.25) is 4.79 Å². The van der Waals surface area contributed by atoms with E-state index in [9.17, 15) is 19.5 Å². The van der Waals surface area contributed by atoms with E-state index in [4.69, 9.17) is 0 Å². The van der Waals surface area contributed by atoms with Gasteiger partial charge in [0.15, 0.2) is 6.73 Å². The van der Waals surface area contributed by atoms with Crippen LogP contribution >= 0.6 is 0 Å². The summed E-state index contributed by atoms with van der Waals surface area (Å²) in [4.78, 5) is 33.0. The largest absolute Gasteiger partial charge is 0.459 e. The van der Waals surface area contributed by atoms with E-state index < -0.39 is 30.2 Å². The number of nitrogens with one attached hydrogen (secondary N) is 2. The molecule has 0 aliphatic rings. The maximum absolute atomic E-state index is 11.1. The normalized spacial score (nSPS) is 11.0. The van der Waals surface area contributed by atoms with E-state index in [0.29, 0.717) is 0 Å². The first-order chi connectivity index (χ1) is 9.26. The lowest BCUT2D eigenvalue weighted by Gasteiger charge is -2.15. The smallest absolute Gasteiger partial charge is 0.396 e. The number of esters is 2. The number of hydrogen-bond donors (Lipinski definition) is 3. The Hall–Kier alpha value is -2.16. The first kappa shape index (κ1) is 17.8. The molecule has 9 nitrogen and oxygen atoms in total. The van der Waals surface area contributed by atoms with Gasteiger partial charge in [0, 0.05) is 0 Å². The van der Waals surface area contributed by atoms with Crippen LogP contribution in [0.4, 0.5) is 0 Å². The molecule has 0 unspecified atom stereocenters. The number of ether oxygens (including phenoxy) is 2. The molecule has 0 saturated heterocycles. The Morgan fingerprint density at radius 3 is 2.50 bits per heavy atom. The fraction of sp³-hybridized carbons (Fsp3) is 0.636. The number of carbonyl (C=O) groups is 3. The van der Waals surface area contributed by atoms with E-state index >= 15 is 0 Å². The monoisotopic (exact) mass is 289 g/mol. The minimum absolute atomic E-state index is 0.0750. The highest BCUT2D eigenvalue weighted by Crippen LogP contribution is 1.96. The summed E-state index contributed by atoms with van der Waals surface area (Å²) in [5.41, 5.74) is 1.48. The quantitative estimate of drug-likeness (QED) is 0.171. The molecule has 0 aromatic heterocycles. The molecule has 0 fully saturated rings. The molecule has 0 spiro atoms. The number of rotatable bonds is 7. The van der Waals surface area contributed by atoms with Crippen LogP contribution in [0.3, 0.4) is 0 Å². The summed E-state index contributed by atoms with van der Waals surface area (Å²) < 4.78 is 8.96. The Balaban J connectivity index is 3.81. The first-order valence-corrected chi connectivity index (χ1v) is 5.86. The molecule has 0 aliphatic heterocycles. The summed E-state index contributed by atoms with van der Waals surface area (Å²) >= 11 is 0. The molecule has 0 saturated carbocycles. The van der Waals surface area contributed by atoms with Crippen LogP contribution in [-0.4, -0.2) is 54.7 Å². The predicted molar refractivity (Wildman–Crippen MR) is 68.5 cm³/mol. The van der Waals surface area contributed by atoms with Crippen LogP contribution in [0.15, 0.2) is 5.10 Å². The van der Waals surface area contributed by atoms with Gasteiger partial charge in [0.1, 0.15) is 6.21 Å². The van der Waals surface area contributed by atoms with Gasteiger partial charge in [-0.1, -0.05) is 0 Å². The Morgan fingerprint density at radius 1 is 1.30 bits per heavy atom. The molecule has 0 heterocycles. The van der Waals surface area contributed by atoms with E-state index in [1.54, 1.807) is 20.8 Å². The summed E-state index contributed by atoms with van der Waals surface area (Å²) in [6, 6.07) is 0. The highest BCUT2D eigenvalue weighted by Gasteiger charge is 2.14. The van der Waals surface area contributed by atoms with Crippen LogP contribution in [0, 0.1) is 0 Å². The van der Waals surface area contributed by atoms with Crippen LogP contribution in [0.5, 0.6) is 0 Å². The van der Waals surface area contributed by atoms with Gasteiger partial charge in [-0.2, -0.15) is 5.10 Å². The Labute approximate surface area is 116 Å². The minimum atomic E-state index is -1.05. The minimum Gasteiger partial charge on any atom is -0.459 e. The summed E-state index contributed by atoms with van der Waals surface area (Å²) in [5, 5.41) is 14.9. The summed E-state index contributed by atoms with van der Waals surface area (Å²) in [6.45, 7) is 4.44. The molecule has 20 heavy (non-hydrogen) atoms. The van der Waals surface area contributed by atoms with Gasteiger partial charge in [-0.25, -0.2) is 9.59 Å². The van der Waals surface area contributed by atoms with Gasteiger partial charge in [-0.15, -0.1) is 0 Å². The van der Waals surface area contributed by atoms with Gasteiger partial charge >= 0.3 is 17.8 Å². The molecule has 114 valence electrons. The summed E-state index contributed by atoms with van der Waals surface area (Å²) in [6.07, 6.45) is 0.836. The zero-order chi connectivity index (χ0) is 15.6. The maximum atomic E-state index is 11.1. The number of carbonyl (C=O) groups excluding carboxylic acids is 3. The van der Waals surface area contributed by atoms with E-state index in [1.165, 1.54) is 0 Å². The molecule has 0 bridgehead atoms. The second-order valence-electron chi connectivity index (χ2n) is 4.24. The van der Waals surface area contributed by atoms with Gasteiger partial charge < -0.3 is 25.3 Å². The van der Waals surface area contributed by atoms with E-state index in [2.05, 4.69) is 20.0 Å². The van der Waals surface area contributed by atoms with Crippen molar-refractivity contribution in [3.63, 3.8) is 0 Å². The predicted octanol–water partition coefficient (Wildman–Crippen LogP) is -1.49. The fourth-order valence-corrected chi connectivity index (χ4v) is 0.816. The molecule has 3 N–H and O–H groups in total. The van der Waals surface area contributed by atoms with Crippen molar-refractivity contribution in [2.75, 3.05) is 19.9 Å². The molecular formula is C11H19N3O6. The third kappa shape index (κ3) is 9.83. The first-order valence-electron chi connectivity index (χ1n) is 5.86. The van der Waals surface area contributed by atoms with Crippen molar-refractivity contribution in [1.82, 2.24) is 10.7 Å². The number of hydrazone groups is 1. The summed E-state index contributed by atoms with van der Waals surface area (Å²) in [5.74, 6) is -2.88. The number of aliphatic hydroxyl groups is 1. The SMILES string of the molecule is CCOC(=O)C(=O)NCOC(=O)/C=N/NCC(C)(C)O. The molecule has 0 atom stereocenters. The Morgan fingerprint density at radius 2 is 1.95 bits per heavy atom. The average Bonchev–Trinajstić information content (AvgIpc) is 2.33. The van der Waals surface area contributed by atoms with Crippen LogP contribution < -0.4 is 10.7 Å². The highest BCUT2D eigenvalue weighted by atomic mass is 16.6. The van der Waals surface area contributed by atoms with Gasteiger partial charge in [-0.05, 0) is 20.8 Å². The maximum Gasteiger partial charge on any atom is 0.396 e. The lowest BCUT2D eigenvalue weighted by atomic mass is 10.1. The Bertz CT molecular complexity index is 375. The summed E-state index contributed by atoms with van der Waals surface area (Å²) in [7, 11) is 0. The second-order valence-corrected chi connectivity index (χ2v) is 4.24. The van der Waals surface area contributed by atoms with Crippen LogP contribution in [0.25, 0.3) is 0 Å². The number of hydrogen-bond acceptors (Lipinski definition) is 8. The average molecular weight is 289 g/mol. The van der Waals surface area contributed by atoms with Crippen LogP contribution in [-0.2, 0) is 23.9 Å². The zero-order valence-electron chi connectivity index (χ0n) is 11.6.